The fourth-order valence-corrected chi connectivity index (χ4v) is 4.00. The number of methoxy groups -OCH3 is 2. The lowest BCUT2D eigenvalue weighted by Crippen LogP contribution is -2.54. The van der Waals surface area contributed by atoms with Crippen LogP contribution in [0.5, 0.6) is 11.5 Å². The largest absolute Gasteiger partial charge is 0.497 e. The number of hydrogen-bond acceptors (Lipinski definition) is 8. The van der Waals surface area contributed by atoms with Gasteiger partial charge in [0.25, 0.3) is 0 Å². The second-order valence-electron chi connectivity index (χ2n) is 7.65. The van der Waals surface area contributed by atoms with Gasteiger partial charge in [0.15, 0.2) is 0 Å². The zero-order valence-corrected chi connectivity index (χ0v) is 19.2. The van der Waals surface area contributed by atoms with Crippen LogP contribution in [-0.4, -0.2) is 69.9 Å². The lowest BCUT2D eigenvalue weighted by molar-refractivity contribution is -0.149. The maximum absolute atomic E-state index is 13.6. The second kappa shape index (κ2) is 10.6. The van der Waals surface area contributed by atoms with E-state index in [0.29, 0.717) is 23.8 Å². The number of amides is 1. The maximum atomic E-state index is 13.6. The molecule has 9 heteroatoms. The van der Waals surface area contributed by atoms with Crippen LogP contribution in [-0.2, 0) is 21.0 Å². The van der Waals surface area contributed by atoms with Crippen LogP contribution >= 0.6 is 0 Å². The number of hydroxylamine groups is 2. The van der Waals surface area contributed by atoms with Crippen LogP contribution < -0.4 is 19.9 Å². The predicted molar refractivity (Wildman–Crippen MR) is 123 cm³/mol. The summed E-state index contributed by atoms with van der Waals surface area (Å²) in [6, 6.07) is 15.0. The van der Waals surface area contributed by atoms with E-state index in [-0.39, 0.29) is 12.5 Å². The summed E-state index contributed by atoms with van der Waals surface area (Å²) in [7, 11) is 4.90. The number of anilines is 1. The monoisotopic (exact) mass is 454 g/mol. The zero-order chi connectivity index (χ0) is 23.2. The Bertz CT molecular complexity index is 990. The number of piperazine rings is 1. The van der Waals surface area contributed by atoms with Crippen molar-refractivity contribution in [1.29, 1.82) is 0 Å². The lowest BCUT2D eigenvalue weighted by Gasteiger charge is -2.40. The molecule has 0 bridgehead atoms. The van der Waals surface area contributed by atoms with E-state index in [1.165, 1.54) is 5.01 Å². The molecule has 4 rings (SSSR count). The van der Waals surface area contributed by atoms with Gasteiger partial charge in [0, 0.05) is 31.7 Å². The number of hydrazine groups is 1. The van der Waals surface area contributed by atoms with E-state index in [2.05, 4.69) is 10.3 Å². The Morgan fingerprint density at radius 2 is 1.70 bits per heavy atom. The van der Waals surface area contributed by atoms with Crippen LogP contribution in [0.25, 0.3) is 0 Å². The highest BCUT2D eigenvalue weighted by Crippen LogP contribution is 2.28. The van der Waals surface area contributed by atoms with Crippen molar-refractivity contribution in [2.75, 3.05) is 59.1 Å². The van der Waals surface area contributed by atoms with Crippen molar-refractivity contribution in [3.8, 4) is 11.5 Å². The molecule has 0 atom stereocenters. The predicted octanol–water partition coefficient (Wildman–Crippen LogP) is 2.16. The third kappa shape index (κ3) is 5.05. The van der Waals surface area contributed by atoms with Gasteiger partial charge in [0.05, 0.1) is 39.3 Å². The highest BCUT2D eigenvalue weighted by molar-refractivity contribution is 6.04. The van der Waals surface area contributed by atoms with Gasteiger partial charge in [-0.3, -0.25) is 4.79 Å². The van der Waals surface area contributed by atoms with Crippen LogP contribution in [0, 0.1) is 0 Å². The molecule has 33 heavy (non-hydrogen) atoms. The highest BCUT2D eigenvalue weighted by atomic mass is 16.7. The van der Waals surface area contributed by atoms with Gasteiger partial charge in [-0.05, 0) is 30.3 Å². The third-order valence-corrected chi connectivity index (χ3v) is 5.82. The summed E-state index contributed by atoms with van der Waals surface area (Å²) in [6.45, 7) is 3.60. The smallest absolute Gasteiger partial charge is 0.309 e. The fraction of sp³-hybridized carbons (Fsp3) is 0.375. The average molecular weight is 455 g/mol. The molecular weight excluding hydrogens is 424 g/mol. The summed E-state index contributed by atoms with van der Waals surface area (Å²) < 4.78 is 17.0. The van der Waals surface area contributed by atoms with Gasteiger partial charge >= 0.3 is 5.91 Å². The summed E-state index contributed by atoms with van der Waals surface area (Å²) in [5.74, 6) is 1.46. The van der Waals surface area contributed by atoms with Crippen molar-refractivity contribution in [1.82, 2.24) is 15.4 Å². The summed E-state index contributed by atoms with van der Waals surface area (Å²) in [6.07, 6.45) is 0. The third-order valence-electron chi connectivity index (χ3n) is 5.82. The summed E-state index contributed by atoms with van der Waals surface area (Å²) in [5, 5.41) is 3.44. The van der Waals surface area contributed by atoms with Crippen LogP contribution in [0.15, 0.2) is 60.0 Å². The first-order chi connectivity index (χ1) is 16.1. The standard InChI is InChI=1S/C24H30N4O5/c1-30-20-9-10-22(31-2)18(15-20)17-33-23-21(26-11-13-27(32-3)14-12-26)16-25-28(24(23)29)19-7-5-4-6-8-19/h4-10,15,25H,11-14,16-17H2,1-3H3. The molecule has 1 saturated heterocycles. The minimum absolute atomic E-state index is 0.172. The minimum atomic E-state index is -0.238. The molecule has 2 heterocycles. The van der Waals surface area contributed by atoms with Crippen LogP contribution in [0.2, 0.25) is 0 Å². The van der Waals surface area contributed by atoms with Gasteiger partial charge in [-0.2, -0.15) is 5.06 Å². The first-order valence-electron chi connectivity index (χ1n) is 10.9. The fourth-order valence-electron chi connectivity index (χ4n) is 4.00. The molecule has 1 N–H and O–H groups in total. The van der Waals surface area contributed by atoms with Gasteiger partial charge in [-0.25, -0.2) is 10.4 Å². The molecule has 0 radical (unpaired) electrons. The average Bonchev–Trinajstić information content (AvgIpc) is 2.88. The molecule has 0 spiro atoms. The number of benzene rings is 2. The van der Waals surface area contributed by atoms with Crippen molar-refractivity contribution < 1.29 is 23.8 Å². The number of nitrogens with zero attached hydrogens (tertiary/aromatic N) is 3. The molecule has 0 unspecified atom stereocenters. The number of nitrogens with one attached hydrogen (secondary N) is 1. The maximum Gasteiger partial charge on any atom is 0.309 e. The summed E-state index contributed by atoms with van der Waals surface area (Å²) in [5.41, 5.74) is 5.63. The molecule has 2 aromatic carbocycles. The molecule has 1 fully saturated rings. The number of ether oxygens (including phenoxy) is 3. The molecule has 9 nitrogen and oxygen atoms in total. The molecule has 0 aromatic heterocycles. The Morgan fingerprint density at radius 1 is 0.939 bits per heavy atom. The molecule has 1 amide bonds. The summed E-state index contributed by atoms with van der Waals surface area (Å²) >= 11 is 0. The van der Waals surface area contributed by atoms with Crippen molar-refractivity contribution in [2.24, 2.45) is 0 Å². The molecular formula is C24H30N4O5. The minimum Gasteiger partial charge on any atom is -0.497 e. The van der Waals surface area contributed by atoms with E-state index in [1.807, 2.05) is 53.6 Å². The van der Waals surface area contributed by atoms with E-state index >= 15 is 0 Å². The number of carbonyl (C=O) groups excluding carboxylic acids is 1. The van der Waals surface area contributed by atoms with E-state index in [1.54, 1.807) is 21.3 Å². The van der Waals surface area contributed by atoms with Crippen molar-refractivity contribution in [3.63, 3.8) is 0 Å². The number of para-hydroxylation sites is 1. The Balaban J connectivity index is 1.62. The number of hydrogen-bond donors (Lipinski definition) is 1. The Hall–Kier alpha value is -3.27. The molecule has 176 valence electrons. The topological polar surface area (TPSA) is 75.7 Å². The van der Waals surface area contributed by atoms with Crippen LogP contribution in [0.1, 0.15) is 5.56 Å². The van der Waals surface area contributed by atoms with E-state index in [4.69, 9.17) is 19.0 Å². The van der Waals surface area contributed by atoms with Gasteiger partial charge in [-0.15, -0.1) is 0 Å². The first kappa shape index (κ1) is 22.9. The van der Waals surface area contributed by atoms with Gasteiger partial charge in [0.1, 0.15) is 18.1 Å². The Morgan fingerprint density at radius 3 is 2.36 bits per heavy atom. The van der Waals surface area contributed by atoms with E-state index in [0.717, 1.165) is 43.1 Å². The molecule has 0 saturated carbocycles. The van der Waals surface area contributed by atoms with Gasteiger partial charge < -0.3 is 23.9 Å². The van der Waals surface area contributed by atoms with E-state index in [9.17, 15) is 4.79 Å². The summed E-state index contributed by atoms with van der Waals surface area (Å²) in [4.78, 5) is 21.1. The quantitative estimate of drug-likeness (QED) is 0.651. The Labute approximate surface area is 194 Å². The molecule has 2 aliphatic heterocycles. The lowest BCUT2D eigenvalue weighted by atomic mass is 10.2. The first-order valence-corrected chi connectivity index (χ1v) is 10.9. The number of rotatable bonds is 8. The van der Waals surface area contributed by atoms with Gasteiger partial charge in [-0.1, -0.05) is 18.2 Å². The molecule has 2 aliphatic rings. The zero-order valence-electron chi connectivity index (χ0n) is 19.2. The SMILES string of the molecule is COc1ccc(OC)c(COC2=C(N3CCN(OC)CC3)CNN(c3ccccc3)C2=O)c1. The second-order valence-corrected chi connectivity index (χ2v) is 7.65. The van der Waals surface area contributed by atoms with Gasteiger partial charge in [0.2, 0.25) is 5.76 Å². The number of carbonyl (C=O) groups is 1. The van der Waals surface area contributed by atoms with Crippen molar-refractivity contribution in [2.45, 2.75) is 6.61 Å². The Kier molecular flexibility index (Phi) is 7.33. The van der Waals surface area contributed by atoms with Crippen LogP contribution in [0.4, 0.5) is 5.69 Å². The van der Waals surface area contributed by atoms with Crippen molar-refractivity contribution in [3.05, 3.63) is 65.6 Å². The van der Waals surface area contributed by atoms with Crippen molar-refractivity contribution >= 4 is 11.6 Å². The molecule has 2 aromatic rings. The highest BCUT2D eigenvalue weighted by Gasteiger charge is 2.33. The van der Waals surface area contributed by atoms with Crippen LogP contribution in [0.3, 0.4) is 0 Å². The molecule has 0 aliphatic carbocycles. The normalized spacial score (nSPS) is 17.4. The van der Waals surface area contributed by atoms with E-state index < -0.39 is 0 Å².